The van der Waals surface area contributed by atoms with E-state index in [2.05, 4.69) is 21.9 Å². The number of hydrogen-bond donors (Lipinski definition) is 1. The van der Waals surface area contributed by atoms with Crippen LogP contribution in [0.25, 0.3) is 0 Å². The van der Waals surface area contributed by atoms with E-state index < -0.39 is 6.04 Å². The van der Waals surface area contributed by atoms with Crippen molar-refractivity contribution in [2.75, 3.05) is 7.05 Å². The molecule has 1 aromatic heterocycles. The van der Waals surface area contributed by atoms with Gasteiger partial charge in [-0.3, -0.25) is 4.79 Å². The fourth-order valence-corrected chi connectivity index (χ4v) is 2.48. The Kier molecular flexibility index (Phi) is 5.00. The number of terminal acetylenes is 1. The van der Waals surface area contributed by atoms with Gasteiger partial charge in [0.15, 0.2) is 0 Å². The highest BCUT2D eigenvalue weighted by molar-refractivity contribution is 9.11. The summed E-state index contributed by atoms with van der Waals surface area (Å²) in [6, 6.07) is 1.39. The predicted molar refractivity (Wildman–Crippen MR) is 69.9 cm³/mol. The summed E-state index contributed by atoms with van der Waals surface area (Å²) in [6.07, 6.45) is 5.39. The van der Waals surface area contributed by atoms with Gasteiger partial charge in [0.05, 0.1) is 9.83 Å². The molecule has 0 spiro atoms. The minimum atomic E-state index is -0.600. The molecular formula is C11H13BrN2OS. The summed E-state index contributed by atoms with van der Waals surface area (Å²) in [4.78, 5) is 13.3. The molecule has 3 nitrogen and oxygen atoms in total. The quantitative estimate of drug-likeness (QED) is 0.862. The zero-order valence-electron chi connectivity index (χ0n) is 8.94. The molecule has 5 heteroatoms. The Bertz CT molecular complexity index is 410. The summed E-state index contributed by atoms with van der Waals surface area (Å²) in [7, 11) is 1.73. The highest BCUT2D eigenvalue weighted by Gasteiger charge is 2.17. The molecule has 1 atom stereocenters. The lowest BCUT2D eigenvalue weighted by atomic mass is 10.2. The smallest absolute Gasteiger partial charge is 0.240 e. The average molecular weight is 301 g/mol. The van der Waals surface area contributed by atoms with Crippen molar-refractivity contribution in [1.29, 1.82) is 0 Å². The Labute approximate surface area is 108 Å². The van der Waals surface area contributed by atoms with Crippen LogP contribution < -0.4 is 5.73 Å². The molecule has 0 aromatic carbocycles. The Morgan fingerprint density at radius 1 is 1.81 bits per heavy atom. The number of thiophene rings is 1. The summed E-state index contributed by atoms with van der Waals surface area (Å²) in [5, 5.41) is 2.00. The number of carbonyl (C=O) groups is 1. The standard InChI is InChI=1S/C11H13BrN2OS/c1-3-4-9(13)11(15)14(2)6-8-5-10(12)16-7-8/h1,5,7,9H,4,6,13H2,2H3. The highest BCUT2D eigenvalue weighted by Crippen LogP contribution is 2.21. The lowest BCUT2D eigenvalue weighted by molar-refractivity contribution is -0.131. The normalized spacial score (nSPS) is 11.9. The Balaban J connectivity index is 2.55. The molecule has 1 unspecified atom stereocenters. The molecule has 0 saturated heterocycles. The van der Waals surface area contributed by atoms with Gasteiger partial charge in [-0.25, -0.2) is 0 Å². The fraction of sp³-hybridized carbons (Fsp3) is 0.364. The van der Waals surface area contributed by atoms with Gasteiger partial charge in [0.25, 0.3) is 0 Å². The van der Waals surface area contributed by atoms with Gasteiger partial charge in [0, 0.05) is 20.0 Å². The third-order valence-electron chi connectivity index (χ3n) is 2.07. The van der Waals surface area contributed by atoms with Crippen molar-refractivity contribution >= 4 is 33.2 Å². The van der Waals surface area contributed by atoms with Crippen molar-refractivity contribution in [3.05, 3.63) is 20.8 Å². The van der Waals surface area contributed by atoms with E-state index in [1.807, 2.05) is 11.4 Å². The summed E-state index contributed by atoms with van der Waals surface area (Å²) >= 11 is 4.97. The highest BCUT2D eigenvalue weighted by atomic mass is 79.9. The van der Waals surface area contributed by atoms with Gasteiger partial charge in [0.1, 0.15) is 0 Å². The Morgan fingerprint density at radius 3 is 3.00 bits per heavy atom. The largest absolute Gasteiger partial charge is 0.340 e. The van der Waals surface area contributed by atoms with Crippen LogP contribution in [0.5, 0.6) is 0 Å². The van der Waals surface area contributed by atoms with Crippen LogP contribution in [0.2, 0.25) is 0 Å². The van der Waals surface area contributed by atoms with Crippen molar-refractivity contribution in [3.8, 4) is 12.3 Å². The van der Waals surface area contributed by atoms with Crippen LogP contribution in [0.4, 0.5) is 0 Å². The molecule has 1 aromatic rings. The second-order valence-corrected chi connectivity index (χ2v) is 5.76. The lowest BCUT2D eigenvalue weighted by Crippen LogP contribution is -2.41. The fourth-order valence-electron chi connectivity index (χ4n) is 1.28. The molecule has 2 N–H and O–H groups in total. The summed E-state index contributed by atoms with van der Waals surface area (Å²) in [5.41, 5.74) is 6.73. The molecule has 0 saturated carbocycles. The number of halogens is 1. The van der Waals surface area contributed by atoms with Gasteiger partial charge in [-0.15, -0.1) is 23.7 Å². The van der Waals surface area contributed by atoms with Crippen molar-refractivity contribution in [2.24, 2.45) is 5.73 Å². The third kappa shape index (κ3) is 3.63. The zero-order chi connectivity index (χ0) is 12.1. The van der Waals surface area contributed by atoms with Gasteiger partial charge in [0.2, 0.25) is 5.91 Å². The van der Waals surface area contributed by atoms with E-state index in [0.29, 0.717) is 6.54 Å². The second-order valence-electron chi connectivity index (χ2n) is 3.47. The SMILES string of the molecule is C#CCC(N)C(=O)N(C)Cc1csc(Br)c1. The maximum atomic E-state index is 11.7. The number of carbonyl (C=O) groups excluding carboxylic acids is 1. The van der Waals surface area contributed by atoms with Crippen LogP contribution in [0.15, 0.2) is 15.2 Å². The first-order chi connectivity index (χ1) is 7.54. The van der Waals surface area contributed by atoms with E-state index in [0.717, 1.165) is 9.35 Å². The minimum absolute atomic E-state index is 0.125. The predicted octanol–water partition coefficient (Wildman–Crippen LogP) is 1.82. The molecule has 0 aliphatic heterocycles. The van der Waals surface area contributed by atoms with Crippen LogP contribution in [0, 0.1) is 12.3 Å². The van der Waals surface area contributed by atoms with Gasteiger partial charge in [-0.1, -0.05) is 0 Å². The summed E-state index contributed by atoms with van der Waals surface area (Å²) in [5.74, 6) is 2.27. The molecule has 1 rings (SSSR count). The molecule has 0 fully saturated rings. The Hall–Kier alpha value is -0.830. The van der Waals surface area contributed by atoms with Crippen LogP contribution in [-0.4, -0.2) is 23.9 Å². The first kappa shape index (κ1) is 13.2. The molecule has 0 radical (unpaired) electrons. The van der Waals surface area contributed by atoms with E-state index in [9.17, 15) is 4.79 Å². The van der Waals surface area contributed by atoms with Crippen LogP contribution in [-0.2, 0) is 11.3 Å². The number of likely N-dealkylation sites (N-methyl/N-ethyl adjacent to an activating group) is 1. The van der Waals surface area contributed by atoms with Gasteiger partial charge in [-0.05, 0) is 32.9 Å². The van der Waals surface area contributed by atoms with Crippen molar-refractivity contribution in [2.45, 2.75) is 19.0 Å². The van der Waals surface area contributed by atoms with Gasteiger partial charge in [-0.2, -0.15) is 0 Å². The van der Waals surface area contributed by atoms with Crippen LogP contribution >= 0.6 is 27.3 Å². The molecule has 0 aliphatic carbocycles. The van der Waals surface area contributed by atoms with Crippen molar-refractivity contribution < 1.29 is 4.79 Å². The molecule has 16 heavy (non-hydrogen) atoms. The number of hydrogen-bond acceptors (Lipinski definition) is 3. The molecule has 0 aliphatic rings. The topological polar surface area (TPSA) is 46.3 Å². The minimum Gasteiger partial charge on any atom is -0.340 e. The molecule has 0 bridgehead atoms. The second kappa shape index (κ2) is 6.04. The third-order valence-corrected chi connectivity index (χ3v) is 3.63. The molecular weight excluding hydrogens is 288 g/mol. The first-order valence-corrected chi connectivity index (χ1v) is 6.38. The maximum Gasteiger partial charge on any atom is 0.240 e. The maximum absolute atomic E-state index is 11.7. The monoisotopic (exact) mass is 300 g/mol. The molecule has 86 valence electrons. The van der Waals surface area contributed by atoms with E-state index >= 15 is 0 Å². The zero-order valence-corrected chi connectivity index (χ0v) is 11.3. The van der Waals surface area contributed by atoms with E-state index in [4.69, 9.17) is 12.2 Å². The summed E-state index contributed by atoms with van der Waals surface area (Å²) < 4.78 is 1.05. The van der Waals surface area contributed by atoms with Gasteiger partial charge < -0.3 is 10.6 Å². The van der Waals surface area contributed by atoms with Crippen LogP contribution in [0.1, 0.15) is 12.0 Å². The van der Waals surface area contributed by atoms with E-state index in [1.54, 1.807) is 23.3 Å². The Morgan fingerprint density at radius 2 is 2.50 bits per heavy atom. The molecule has 1 heterocycles. The number of rotatable bonds is 4. The number of amides is 1. The van der Waals surface area contributed by atoms with E-state index in [1.165, 1.54) is 0 Å². The van der Waals surface area contributed by atoms with Gasteiger partial charge >= 0.3 is 0 Å². The van der Waals surface area contributed by atoms with Crippen molar-refractivity contribution in [3.63, 3.8) is 0 Å². The summed E-state index contributed by atoms with van der Waals surface area (Å²) in [6.45, 7) is 0.555. The lowest BCUT2D eigenvalue weighted by Gasteiger charge is -2.19. The first-order valence-electron chi connectivity index (χ1n) is 4.71. The van der Waals surface area contributed by atoms with Crippen LogP contribution in [0.3, 0.4) is 0 Å². The average Bonchev–Trinajstić information content (AvgIpc) is 2.63. The van der Waals surface area contributed by atoms with Crippen molar-refractivity contribution in [1.82, 2.24) is 4.90 Å². The van der Waals surface area contributed by atoms with E-state index in [-0.39, 0.29) is 12.3 Å². The molecule has 1 amide bonds. The number of nitrogens with two attached hydrogens (primary N) is 1. The number of nitrogens with zero attached hydrogens (tertiary/aromatic N) is 1.